The Bertz CT molecular complexity index is 715. The number of carbonyl (C=O) groups excluding carboxylic acids is 3. The lowest BCUT2D eigenvalue weighted by atomic mass is 9.64. The molecule has 2 heterocycles. The molecule has 0 aromatic carbocycles. The Hall–Kier alpha value is -2.38. The summed E-state index contributed by atoms with van der Waals surface area (Å²) in [5, 5.41) is 5.68. The van der Waals surface area contributed by atoms with Crippen LogP contribution in [-0.4, -0.2) is 50.9 Å². The minimum Gasteiger partial charge on any atom is -0.354 e. The summed E-state index contributed by atoms with van der Waals surface area (Å²) >= 11 is 0. The molecule has 2 aliphatic rings. The van der Waals surface area contributed by atoms with Gasteiger partial charge in [-0.1, -0.05) is 20.8 Å². The molecule has 1 aliphatic heterocycles. The molecule has 8 nitrogen and oxygen atoms in total. The number of carbonyl (C=O) groups is 3. The van der Waals surface area contributed by atoms with Gasteiger partial charge in [-0.3, -0.25) is 14.5 Å². The number of amides is 4. The molecule has 0 radical (unpaired) electrons. The van der Waals surface area contributed by atoms with E-state index in [9.17, 15) is 14.4 Å². The van der Waals surface area contributed by atoms with Crippen molar-refractivity contribution in [3.8, 4) is 0 Å². The maximum Gasteiger partial charge on any atom is 0.325 e. The topological polar surface area (TPSA) is 96.3 Å². The molecule has 0 unspecified atom stereocenters. The number of aromatic nitrogens is 2. The van der Waals surface area contributed by atoms with Crippen molar-refractivity contribution in [2.45, 2.75) is 58.5 Å². The monoisotopic (exact) mass is 375 g/mol. The zero-order chi connectivity index (χ0) is 19.7. The first-order valence-corrected chi connectivity index (χ1v) is 9.57. The van der Waals surface area contributed by atoms with Gasteiger partial charge in [0.15, 0.2) is 0 Å². The lowest BCUT2D eigenvalue weighted by molar-refractivity contribution is -0.137. The van der Waals surface area contributed by atoms with E-state index in [1.807, 2.05) is 10.8 Å². The third-order valence-corrected chi connectivity index (χ3v) is 5.40. The fraction of sp³-hybridized carbons (Fsp3) is 0.684. The fourth-order valence-corrected chi connectivity index (χ4v) is 4.76. The molecule has 1 saturated heterocycles. The molecule has 27 heavy (non-hydrogen) atoms. The van der Waals surface area contributed by atoms with Crippen LogP contribution in [0.5, 0.6) is 0 Å². The van der Waals surface area contributed by atoms with E-state index in [1.165, 1.54) is 0 Å². The highest BCUT2D eigenvalue weighted by Crippen LogP contribution is 2.46. The maximum atomic E-state index is 13.0. The summed E-state index contributed by atoms with van der Waals surface area (Å²) in [5.74, 6) is -0.236. The Kier molecular flexibility index (Phi) is 5.26. The number of rotatable bonds is 6. The van der Waals surface area contributed by atoms with Gasteiger partial charge in [-0.2, -0.15) is 0 Å². The normalized spacial score (nSPS) is 27.1. The number of nitrogens with zero attached hydrogens (tertiary/aromatic N) is 3. The van der Waals surface area contributed by atoms with Gasteiger partial charge in [0.25, 0.3) is 5.91 Å². The molecule has 1 saturated carbocycles. The van der Waals surface area contributed by atoms with E-state index >= 15 is 0 Å². The predicted octanol–water partition coefficient (Wildman–Crippen LogP) is 1.53. The van der Waals surface area contributed by atoms with Crippen molar-refractivity contribution >= 4 is 17.8 Å². The van der Waals surface area contributed by atoms with Crippen molar-refractivity contribution in [2.24, 2.45) is 11.3 Å². The summed E-state index contributed by atoms with van der Waals surface area (Å²) in [7, 11) is 0. The zero-order valence-corrected chi connectivity index (χ0v) is 16.3. The van der Waals surface area contributed by atoms with E-state index in [0.29, 0.717) is 25.3 Å². The average Bonchev–Trinajstić information content (AvgIpc) is 3.13. The van der Waals surface area contributed by atoms with Crippen molar-refractivity contribution < 1.29 is 14.4 Å². The molecule has 0 bridgehead atoms. The van der Waals surface area contributed by atoms with Crippen molar-refractivity contribution in [1.29, 1.82) is 0 Å². The zero-order valence-electron chi connectivity index (χ0n) is 16.3. The smallest absolute Gasteiger partial charge is 0.325 e. The molecule has 148 valence electrons. The SMILES string of the molecule is C[C@@H]1CC(C)(C)C[C@]2(C1)NC(=O)N(CC(=O)NCCCn1ccnc1)C2=O. The van der Waals surface area contributed by atoms with E-state index in [1.54, 1.807) is 12.5 Å². The summed E-state index contributed by atoms with van der Waals surface area (Å²) in [4.78, 5) is 42.6. The maximum absolute atomic E-state index is 13.0. The molecular weight excluding hydrogens is 346 g/mol. The van der Waals surface area contributed by atoms with Crippen molar-refractivity contribution in [2.75, 3.05) is 13.1 Å². The third kappa shape index (κ3) is 4.31. The van der Waals surface area contributed by atoms with Gasteiger partial charge in [-0.25, -0.2) is 9.78 Å². The number of imidazole rings is 1. The number of imide groups is 1. The van der Waals surface area contributed by atoms with E-state index in [4.69, 9.17) is 0 Å². The second kappa shape index (κ2) is 7.32. The average molecular weight is 375 g/mol. The number of urea groups is 1. The fourth-order valence-electron chi connectivity index (χ4n) is 4.76. The van der Waals surface area contributed by atoms with Crippen LogP contribution in [0.3, 0.4) is 0 Å². The Morgan fingerprint density at radius 1 is 1.37 bits per heavy atom. The van der Waals surface area contributed by atoms with E-state index < -0.39 is 11.6 Å². The van der Waals surface area contributed by atoms with Crippen LogP contribution >= 0.6 is 0 Å². The lowest BCUT2D eigenvalue weighted by Gasteiger charge is -2.43. The molecule has 2 atom stereocenters. The molecule has 4 amide bonds. The van der Waals surface area contributed by atoms with Crippen LogP contribution in [0.1, 0.15) is 46.5 Å². The van der Waals surface area contributed by atoms with E-state index in [0.717, 1.165) is 24.3 Å². The number of hydrogen-bond acceptors (Lipinski definition) is 4. The van der Waals surface area contributed by atoms with Gasteiger partial charge < -0.3 is 15.2 Å². The minimum atomic E-state index is -0.861. The highest BCUT2D eigenvalue weighted by molar-refractivity contribution is 6.09. The molecule has 1 aromatic heterocycles. The number of hydrogen-bond donors (Lipinski definition) is 2. The van der Waals surface area contributed by atoms with Gasteiger partial charge in [-0.05, 0) is 37.0 Å². The summed E-state index contributed by atoms with van der Waals surface area (Å²) < 4.78 is 1.93. The molecule has 8 heteroatoms. The minimum absolute atomic E-state index is 0.0216. The van der Waals surface area contributed by atoms with Crippen LogP contribution in [0, 0.1) is 11.3 Å². The largest absolute Gasteiger partial charge is 0.354 e. The van der Waals surface area contributed by atoms with E-state index in [-0.39, 0.29) is 23.8 Å². The summed E-state index contributed by atoms with van der Waals surface area (Å²) in [6, 6.07) is -0.460. The highest BCUT2D eigenvalue weighted by atomic mass is 16.2. The molecule has 2 N–H and O–H groups in total. The number of aryl methyl sites for hydroxylation is 1. The second-order valence-corrected chi connectivity index (χ2v) is 8.76. The quantitative estimate of drug-likeness (QED) is 0.582. The van der Waals surface area contributed by atoms with Crippen LogP contribution in [0.4, 0.5) is 4.79 Å². The Labute approximate surface area is 159 Å². The van der Waals surface area contributed by atoms with Crippen LogP contribution in [-0.2, 0) is 16.1 Å². The Morgan fingerprint density at radius 3 is 2.81 bits per heavy atom. The van der Waals surface area contributed by atoms with Gasteiger partial charge in [0.1, 0.15) is 12.1 Å². The molecule has 2 fully saturated rings. The first kappa shape index (κ1) is 19.4. The van der Waals surface area contributed by atoms with Crippen LogP contribution in [0.25, 0.3) is 0 Å². The van der Waals surface area contributed by atoms with Gasteiger partial charge in [0, 0.05) is 25.5 Å². The molecule has 1 aromatic rings. The standard InChI is InChI=1S/C19H29N5O3/c1-14-9-18(2,3)12-19(10-14)16(26)24(17(27)22-19)11-15(25)21-5-4-7-23-8-6-20-13-23/h6,8,13-14H,4-5,7,9-12H2,1-3H3,(H,21,25)(H,22,27)/t14-,19+/m1/s1. The lowest BCUT2D eigenvalue weighted by Crippen LogP contribution is -2.54. The van der Waals surface area contributed by atoms with Gasteiger partial charge in [0.2, 0.25) is 5.91 Å². The first-order valence-electron chi connectivity index (χ1n) is 9.57. The molecule has 1 spiro atoms. The van der Waals surface area contributed by atoms with Crippen molar-refractivity contribution in [3.05, 3.63) is 18.7 Å². The van der Waals surface area contributed by atoms with Crippen molar-refractivity contribution in [1.82, 2.24) is 25.1 Å². The number of nitrogens with one attached hydrogen (secondary N) is 2. The summed E-state index contributed by atoms with van der Waals surface area (Å²) in [6.45, 7) is 7.36. The third-order valence-electron chi connectivity index (χ3n) is 5.40. The highest BCUT2D eigenvalue weighted by Gasteiger charge is 2.56. The van der Waals surface area contributed by atoms with Gasteiger partial charge >= 0.3 is 6.03 Å². The summed E-state index contributed by atoms with van der Waals surface area (Å²) in [6.07, 6.45) is 8.30. The molecule has 3 rings (SSSR count). The van der Waals surface area contributed by atoms with Crippen LogP contribution in [0.15, 0.2) is 18.7 Å². The van der Waals surface area contributed by atoms with Gasteiger partial charge in [0.05, 0.1) is 6.33 Å². The molecular formula is C19H29N5O3. The van der Waals surface area contributed by atoms with Gasteiger partial charge in [-0.15, -0.1) is 0 Å². The summed E-state index contributed by atoms with van der Waals surface area (Å²) in [5.41, 5.74) is -0.883. The Morgan fingerprint density at radius 2 is 2.15 bits per heavy atom. The Balaban J connectivity index is 1.53. The predicted molar refractivity (Wildman–Crippen MR) is 99.6 cm³/mol. The van der Waals surface area contributed by atoms with E-state index in [2.05, 4.69) is 36.4 Å². The van der Waals surface area contributed by atoms with Crippen molar-refractivity contribution in [3.63, 3.8) is 0 Å². The first-order chi connectivity index (χ1) is 12.7. The van der Waals surface area contributed by atoms with Crippen LogP contribution in [0.2, 0.25) is 0 Å². The van der Waals surface area contributed by atoms with Crippen LogP contribution < -0.4 is 10.6 Å². The second-order valence-electron chi connectivity index (χ2n) is 8.76. The molecule has 1 aliphatic carbocycles.